The molecule has 1 unspecified atom stereocenters. The first kappa shape index (κ1) is 16.9. The number of alkyl halides is 2. The second-order valence-corrected chi connectivity index (χ2v) is 8.16. The van der Waals surface area contributed by atoms with E-state index in [0.717, 1.165) is 4.90 Å². The summed E-state index contributed by atoms with van der Waals surface area (Å²) in [6.07, 6.45) is 0.110. The Hall–Kier alpha value is -1.48. The first-order valence-electron chi connectivity index (χ1n) is 6.30. The van der Waals surface area contributed by atoms with Gasteiger partial charge in [0, 0.05) is 44.7 Å². The van der Waals surface area contributed by atoms with Gasteiger partial charge in [-0.25, -0.2) is 0 Å². The van der Waals surface area contributed by atoms with Crippen LogP contribution in [-0.4, -0.2) is 32.1 Å². The third kappa shape index (κ3) is 3.00. The Morgan fingerprint density at radius 2 is 1.73 bits per heavy atom. The largest absolute Gasteiger partial charge is 0.497 e. The van der Waals surface area contributed by atoms with Crippen LogP contribution in [0.1, 0.15) is 24.4 Å². The molecule has 9 heteroatoms. The second-order valence-electron chi connectivity index (χ2n) is 4.68. The van der Waals surface area contributed by atoms with E-state index in [1.165, 1.54) is 7.11 Å². The quantitative estimate of drug-likeness (QED) is 0.233. The summed E-state index contributed by atoms with van der Waals surface area (Å²) >= 11 is 5.98. The average Bonchev–Trinajstić information content (AvgIpc) is 2.80. The minimum absolute atomic E-state index is 0.0548. The van der Waals surface area contributed by atoms with Crippen LogP contribution in [0.25, 0.3) is 0 Å². The van der Waals surface area contributed by atoms with Crippen LogP contribution in [0, 0.1) is 10.1 Å². The van der Waals surface area contributed by atoms with Gasteiger partial charge < -0.3 is 4.74 Å². The lowest BCUT2D eigenvalue weighted by atomic mass is 10.1. The molecule has 1 aliphatic rings. The molecule has 1 heterocycles. The van der Waals surface area contributed by atoms with E-state index in [1.807, 2.05) is 0 Å². The smallest absolute Gasteiger partial charge is 0.351 e. The molecule has 0 saturated carbocycles. The molecule has 0 aliphatic carbocycles. The number of ether oxygens (including phenoxy) is 1. The van der Waals surface area contributed by atoms with Gasteiger partial charge >= 0.3 is 3.36 Å². The Kier molecular flexibility index (Phi) is 4.86. The lowest BCUT2D eigenvalue weighted by Crippen LogP contribution is -2.45. The van der Waals surface area contributed by atoms with Gasteiger partial charge in [-0.15, -0.1) is 0 Å². The van der Waals surface area contributed by atoms with Crippen LogP contribution < -0.4 is 4.74 Å². The summed E-state index contributed by atoms with van der Waals surface area (Å²) in [7, 11) is 1.50. The lowest BCUT2D eigenvalue weighted by Gasteiger charge is -2.30. The van der Waals surface area contributed by atoms with Crippen molar-refractivity contribution >= 4 is 43.7 Å². The Labute approximate surface area is 143 Å². The number of nitrogens with zero attached hydrogens (tertiary/aromatic N) is 2. The summed E-state index contributed by atoms with van der Waals surface area (Å²) < 4.78 is 3.17. The molecule has 118 valence electrons. The molecule has 0 radical (unpaired) electrons. The number of imide groups is 1. The number of methoxy groups -OCH3 is 1. The van der Waals surface area contributed by atoms with Crippen molar-refractivity contribution in [3.8, 4) is 5.75 Å². The molecule has 0 bridgehead atoms. The monoisotopic (exact) mass is 434 g/mol. The van der Waals surface area contributed by atoms with Crippen molar-refractivity contribution < 1.29 is 19.2 Å². The summed E-state index contributed by atoms with van der Waals surface area (Å²) in [6, 6.07) is 5.29. The van der Waals surface area contributed by atoms with Crippen LogP contribution in [0.4, 0.5) is 0 Å². The Balaban J connectivity index is 2.52. The van der Waals surface area contributed by atoms with E-state index >= 15 is 0 Å². The fraction of sp³-hybridized carbons (Fsp3) is 0.385. The van der Waals surface area contributed by atoms with E-state index < -0.39 is 26.1 Å². The van der Waals surface area contributed by atoms with Gasteiger partial charge in [-0.1, -0.05) is 12.1 Å². The van der Waals surface area contributed by atoms with E-state index in [1.54, 1.807) is 24.3 Å². The normalized spacial score (nSPS) is 16.8. The van der Waals surface area contributed by atoms with E-state index in [-0.39, 0.29) is 12.8 Å². The van der Waals surface area contributed by atoms with Crippen molar-refractivity contribution in [1.29, 1.82) is 0 Å². The summed E-state index contributed by atoms with van der Waals surface area (Å²) in [4.78, 5) is 35.7. The van der Waals surface area contributed by atoms with Gasteiger partial charge in [0.05, 0.1) is 12.0 Å². The number of carbonyl (C=O) groups excluding carboxylic acids is 2. The summed E-state index contributed by atoms with van der Waals surface area (Å²) in [6.45, 7) is 0. The highest BCUT2D eigenvalue weighted by Gasteiger charge is 2.54. The topological polar surface area (TPSA) is 89.8 Å². The van der Waals surface area contributed by atoms with Gasteiger partial charge in [0.25, 0.3) is 0 Å². The zero-order chi connectivity index (χ0) is 16.5. The number of hydrogen-bond acceptors (Lipinski definition) is 5. The van der Waals surface area contributed by atoms with Crippen molar-refractivity contribution in [3.63, 3.8) is 0 Å². The van der Waals surface area contributed by atoms with Crippen molar-refractivity contribution in [2.75, 3.05) is 7.11 Å². The molecule has 0 N–H and O–H groups in total. The van der Waals surface area contributed by atoms with Crippen molar-refractivity contribution in [2.24, 2.45) is 0 Å². The van der Waals surface area contributed by atoms with Gasteiger partial charge in [-0.3, -0.25) is 24.6 Å². The number of hydrogen-bond donors (Lipinski definition) is 0. The van der Waals surface area contributed by atoms with Crippen LogP contribution in [-0.2, 0) is 9.59 Å². The molecule has 1 aromatic rings. The highest BCUT2D eigenvalue weighted by atomic mass is 79.9. The van der Waals surface area contributed by atoms with Crippen LogP contribution >= 0.6 is 31.9 Å². The fourth-order valence-corrected chi connectivity index (χ4v) is 3.21. The zero-order valence-corrected chi connectivity index (χ0v) is 14.7. The number of rotatable bonds is 5. The summed E-state index contributed by atoms with van der Waals surface area (Å²) in [5, 5.41) is 11.4. The number of halogens is 2. The molecule has 2 amide bonds. The predicted octanol–water partition coefficient (Wildman–Crippen LogP) is 2.61. The Bertz CT molecular complexity index is 601. The molecule has 7 nitrogen and oxygen atoms in total. The first-order valence-corrected chi connectivity index (χ1v) is 7.88. The van der Waals surface area contributed by atoms with E-state index in [0.29, 0.717) is 11.3 Å². The maximum Gasteiger partial charge on any atom is 0.351 e. The van der Waals surface area contributed by atoms with Gasteiger partial charge in [0.2, 0.25) is 11.8 Å². The SMILES string of the molecule is COc1ccc(C(N2C(=O)CCC2=O)C(Br)(Br)[N+](=O)[O-])cc1. The van der Waals surface area contributed by atoms with Crippen LogP contribution in [0.5, 0.6) is 5.75 Å². The molecule has 1 aromatic carbocycles. The predicted molar refractivity (Wildman–Crippen MR) is 84.4 cm³/mol. The van der Waals surface area contributed by atoms with E-state index in [9.17, 15) is 19.7 Å². The van der Waals surface area contributed by atoms with Gasteiger partial charge in [0.15, 0.2) is 6.04 Å². The van der Waals surface area contributed by atoms with Crippen LogP contribution in [0.3, 0.4) is 0 Å². The maximum absolute atomic E-state index is 12.0. The number of amides is 2. The maximum atomic E-state index is 12.0. The molecule has 1 saturated heterocycles. The van der Waals surface area contributed by atoms with Crippen LogP contribution in [0.15, 0.2) is 24.3 Å². The van der Waals surface area contributed by atoms with Crippen molar-refractivity contribution in [2.45, 2.75) is 22.2 Å². The number of likely N-dealkylation sites (tertiary alicyclic amines) is 1. The average molecular weight is 436 g/mol. The molecular weight excluding hydrogens is 424 g/mol. The van der Waals surface area contributed by atoms with E-state index in [4.69, 9.17) is 4.74 Å². The fourth-order valence-electron chi connectivity index (χ4n) is 2.27. The van der Waals surface area contributed by atoms with Crippen LogP contribution in [0.2, 0.25) is 0 Å². The Morgan fingerprint density at radius 1 is 1.23 bits per heavy atom. The summed E-state index contributed by atoms with van der Waals surface area (Å²) in [5.41, 5.74) is 0.440. The Morgan fingerprint density at radius 3 is 2.14 bits per heavy atom. The molecule has 22 heavy (non-hydrogen) atoms. The molecular formula is C13H12Br2N2O5. The zero-order valence-electron chi connectivity index (χ0n) is 11.5. The first-order chi connectivity index (χ1) is 10.3. The molecule has 1 atom stereocenters. The molecule has 0 aromatic heterocycles. The third-order valence-electron chi connectivity index (χ3n) is 3.35. The lowest BCUT2D eigenvalue weighted by molar-refractivity contribution is -0.511. The number of benzene rings is 1. The molecule has 0 spiro atoms. The molecule has 1 fully saturated rings. The second kappa shape index (κ2) is 6.33. The number of carbonyl (C=O) groups is 2. The minimum Gasteiger partial charge on any atom is -0.497 e. The van der Waals surface area contributed by atoms with E-state index in [2.05, 4.69) is 31.9 Å². The van der Waals surface area contributed by atoms with Gasteiger partial charge in [-0.05, 0) is 17.7 Å². The summed E-state index contributed by atoms with van der Waals surface area (Å²) in [5.74, 6) is -0.302. The number of nitro groups is 1. The van der Waals surface area contributed by atoms with Gasteiger partial charge in [-0.2, -0.15) is 0 Å². The standard InChI is InChI=1S/C13H12Br2N2O5/c1-22-9-4-2-8(3-5-9)12(13(14,15)17(20)21)16-10(18)6-7-11(16)19/h2-5,12H,6-7H2,1H3. The van der Waals surface area contributed by atoms with Crippen molar-refractivity contribution in [1.82, 2.24) is 4.90 Å². The molecule has 1 aliphatic heterocycles. The third-order valence-corrected chi connectivity index (χ3v) is 4.80. The van der Waals surface area contributed by atoms with Crippen molar-refractivity contribution in [3.05, 3.63) is 39.9 Å². The molecule has 2 rings (SSSR count). The minimum atomic E-state index is -1.87. The highest BCUT2D eigenvalue weighted by Crippen LogP contribution is 2.45. The van der Waals surface area contributed by atoms with Gasteiger partial charge in [0.1, 0.15) is 5.75 Å². The highest BCUT2D eigenvalue weighted by molar-refractivity contribution is 9.25.